The second-order valence-electron chi connectivity index (χ2n) is 17.4. The molecule has 0 bridgehead atoms. The number of aromatic nitrogens is 4. The first-order chi connectivity index (χ1) is 27.1. The molecule has 0 fully saturated rings. The lowest BCUT2D eigenvalue weighted by molar-refractivity contribution is -0.903. The van der Waals surface area contributed by atoms with Gasteiger partial charge in [0.15, 0.2) is 0 Å². The van der Waals surface area contributed by atoms with Crippen LogP contribution in [0.15, 0.2) is 119 Å². The Bertz CT molecular complexity index is 2880. The van der Waals surface area contributed by atoms with Gasteiger partial charge in [0.25, 0.3) is 11.1 Å². The Morgan fingerprint density at radius 2 is 1.09 bits per heavy atom. The zero-order valence-electron chi connectivity index (χ0n) is 36.0. The molecule has 58 heavy (non-hydrogen) atoms. The third-order valence-electron chi connectivity index (χ3n) is 10.6. The quantitative estimate of drug-likeness (QED) is 0.0907. The van der Waals surface area contributed by atoms with Crippen molar-refractivity contribution in [1.82, 2.24) is 9.97 Å². The standard InChI is InChI=1S/C17H24NO.2C11H11NO.C11H12NO/c1-16(2,3)14-9-12-7-8-18(19)11-13(12)10-15(14)17(4,5)6;1-7-5-9-3-4-12-11(13)10(9)6-8(7)2;1-7-5-9-3-4-11(13)12-10(9)6-8(7)2;1-8-6-10-4-3-5-12(13)11(10)7-9(8)2/h7-11,19H,1-6H3;2*3-6H,1-2H3,(H,12,13);3-7,13H,1-2H3/q+1;;;+1. The average molecular weight is 779 g/mol. The van der Waals surface area contributed by atoms with Gasteiger partial charge in [0, 0.05) is 50.8 Å². The van der Waals surface area contributed by atoms with E-state index in [4.69, 9.17) is 0 Å². The number of hydrogen-bond donors (Lipinski definition) is 4. The van der Waals surface area contributed by atoms with Gasteiger partial charge in [0.1, 0.15) is 0 Å². The number of rotatable bonds is 0. The first-order valence-electron chi connectivity index (χ1n) is 19.6. The van der Waals surface area contributed by atoms with Gasteiger partial charge in [-0.3, -0.25) is 20.0 Å². The summed E-state index contributed by atoms with van der Waals surface area (Å²) in [5, 5.41) is 25.2. The Balaban J connectivity index is 0.000000149. The largest absolute Gasteiger partial charge is 0.329 e. The van der Waals surface area contributed by atoms with Crippen molar-refractivity contribution in [3.8, 4) is 0 Å². The number of H-pyrrole nitrogens is 2. The highest BCUT2D eigenvalue weighted by molar-refractivity contribution is 5.84. The molecule has 0 spiro atoms. The lowest BCUT2D eigenvalue weighted by Gasteiger charge is -2.30. The fourth-order valence-electron chi connectivity index (χ4n) is 6.82. The van der Waals surface area contributed by atoms with E-state index in [9.17, 15) is 20.0 Å². The summed E-state index contributed by atoms with van der Waals surface area (Å²) in [6.45, 7) is 25.7. The van der Waals surface area contributed by atoms with Gasteiger partial charge in [-0.05, 0) is 168 Å². The molecule has 0 amide bonds. The molecule has 0 unspecified atom stereocenters. The van der Waals surface area contributed by atoms with Crippen LogP contribution in [0, 0.1) is 41.5 Å². The Labute approximate surface area is 341 Å². The van der Waals surface area contributed by atoms with Crippen molar-refractivity contribution in [3.63, 3.8) is 0 Å². The minimum atomic E-state index is -0.0456. The molecule has 4 aromatic heterocycles. The van der Waals surface area contributed by atoms with Gasteiger partial charge >= 0.3 is 0 Å². The number of nitrogens with one attached hydrogen (secondary N) is 2. The first-order valence-corrected chi connectivity index (χ1v) is 19.6. The molecule has 8 aromatic rings. The summed E-state index contributed by atoms with van der Waals surface area (Å²) in [6, 6.07) is 27.7. The number of aryl methyl sites for hydroxylation is 6. The first kappa shape index (κ1) is 42.9. The minimum absolute atomic E-state index is 0.0133. The fraction of sp³-hybridized carbons (Fsp3) is 0.280. The molecule has 8 rings (SSSR count). The molecular weight excluding hydrogens is 721 g/mol. The van der Waals surface area contributed by atoms with Crippen molar-refractivity contribution < 1.29 is 19.9 Å². The SMILES string of the molecule is CC(C)(C)c1cc2cc[n+](O)cc2cc1C(C)(C)C.Cc1cc2cc[nH]c(=O)c2cc1C.Cc1cc2ccc(=O)[nH]c2cc1C.Cc1cc2ccc[n+](O)c2cc1C. The van der Waals surface area contributed by atoms with Gasteiger partial charge in [-0.2, -0.15) is 0 Å². The van der Waals surface area contributed by atoms with Crippen LogP contribution >= 0.6 is 0 Å². The molecule has 0 aliphatic carbocycles. The summed E-state index contributed by atoms with van der Waals surface area (Å²) in [5.74, 6) is 0. The molecule has 4 heterocycles. The van der Waals surface area contributed by atoms with Crippen LogP contribution in [-0.2, 0) is 10.8 Å². The van der Waals surface area contributed by atoms with E-state index in [1.54, 1.807) is 30.9 Å². The van der Waals surface area contributed by atoms with E-state index in [0.29, 0.717) is 0 Å². The van der Waals surface area contributed by atoms with Crippen LogP contribution in [0.2, 0.25) is 0 Å². The maximum atomic E-state index is 11.4. The molecule has 8 heteroatoms. The second kappa shape index (κ2) is 17.1. The highest BCUT2D eigenvalue weighted by Gasteiger charge is 2.26. The highest BCUT2D eigenvalue weighted by atomic mass is 16.5. The van der Waals surface area contributed by atoms with Gasteiger partial charge in [0.2, 0.25) is 24.1 Å². The highest BCUT2D eigenvalue weighted by Crippen LogP contribution is 2.36. The van der Waals surface area contributed by atoms with Gasteiger partial charge in [-0.1, -0.05) is 47.6 Å². The molecule has 0 aliphatic rings. The van der Waals surface area contributed by atoms with Gasteiger partial charge in [-0.15, -0.1) is 0 Å². The molecular formula is C50H58N4O4+2. The van der Waals surface area contributed by atoms with Crippen molar-refractivity contribution >= 4 is 43.4 Å². The summed E-state index contributed by atoms with van der Waals surface area (Å²) < 4.78 is 2.27. The van der Waals surface area contributed by atoms with Crippen LogP contribution in [0.1, 0.15) is 86.1 Å². The van der Waals surface area contributed by atoms with E-state index in [0.717, 1.165) is 53.0 Å². The molecule has 300 valence electrons. The number of hydrogen-bond acceptors (Lipinski definition) is 4. The molecule has 8 nitrogen and oxygen atoms in total. The molecule has 4 N–H and O–H groups in total. The fourth-order valence-corrected chi connectivity index (χ4v) is 6.82. The van der Waals surface area contributed by atoms with Crippen molar-refractivity contribution in [2.24, 2.45) is 0 Å². The monoisotopic (exact) mass is 778 g/mol. The third kappa shape index (κ3) is 10.2. The summed E-state index contributed by atoms with van der Waals surface area (Å²) >= 11 is 0. The zero-order chi connectivity index (χ0) is 42.7. The summed E-state index contributed by atoms with van der Waals surface area (Å²) in [4.78, 5) is 27.9. The minimum Gasteiger partial charge on any atom is -0.329 e. The smallest absolute Gasteiger partial charge is 0.264 e. The Morgan fingerprint density at radius 1 is 0.534 bits per heavy atom. The summed E-state index contributed by atoms with van der Waals surface area (Å²) in [6.07, 6.45) is 6.75. The normalized spacial score (nSPS) is 11.4. The Morgan fingerprint density at radius 3 is 1.72 bits per heavy atom. The molecule has 0 radical (unpaired) electrons. The summed E-state index contributed by atoms with van der Waals surface area (Å²) in [5.41, 5.74) is 11.9. The maximum Gasteiger partial charge on any atom is 0.264 e. The maximum absolute atomic E-state index is 11.4. The van der Waals surface area contributed by atoms with Crippen molar-refractivity contribution in [1.29, 1.82) is 0 Å². The molecule has 0 saturated carbocycles. The van der Waals surface area contributed by atoms with Crippen molar-refractivity contribution in [2.45, 2.75) is 93.9 Å². The van der Waals surface area contributed by atoms with Crippen LogP contribution in [0.25, 0.3) is 43.4 Å². The van der Waals surface area contributed by atoms with Crippen LogP contribution in [-0.4, -0.2) is 20.4 Å². The predicted molar refractivity (Wildman–Crippen MR) is 238 cm³/mol. The Kier molecular flexibility index (Phi) is 12.6. The number of aromatic amines is 2. The average Bonchev–Trinajstić information content (AvgIpc) is 3.14. The van der Waals surface area contributed by atoms with Crippen LogP contribution in [0.5, 0.6) is 0 Å². The van der Waals surface area contributed by atoms with E-state index in [1.165, 1.54) is 44.3 Å². The van der Waals surface area contributed by atoms with E-state index < -0.39 is 0 Å². The lowest BCUT2D eigenvalue weighted by Crippen LogP contribution is -2.29. The topological polar surface area (TPSA) is 114 Å². The number of nitrogens with zero attached hydrogens (tertiary/aromatic N) is 2. The number of fused-ring (bicyclic) bond motifs is 4. The van der Waals surface area contributed by atoms with Crippen molar-refractivity contribution in [3.05, 3.63) is 175 Å². The number of pyridine rings is 4. The molecule has 0 atom stereocenters. The predicted octanol–water partition coefficient (Wildman–Crippen LogP) is 10.2. The molecule has 0 saturated heterocycles. The van der Waals surface area contributed by atoms with E-state index in [1.807, 2.05) is 75.4 Å². The Hall–Kier alpha value is -6.28. The van der Waals surface area contributed by atoms with E-state index >= 15 is 0 Å². The van der Waals surface area contributed by atoms with Crippen molar-refractivity contribution in [2.75, 3.05) is 0 Å². The zero-order valence-corrected chi connectivity index (χ0v) is 36.0. The van der Waals surface area contributed by atoms with Gasteiger partial charge < -0.3 is 9.97 Å². The van der Waals surface area contributed by atoms with Gasteiger partial charge in [-0.25, -0.2) is 0 Å². The van der Waals surface area contributed by atoms with E-state index in [-0.39, 0.29) is 21.9 Å². The molecule has 0 aliphatic heterocycles. The summed E-state index contributed by atoms with van der Waals surface area (Å²) in [7, 11) is 0. The number of benzene rings is 4. The second-order valence-corrected chi connectivity index (χ2v) is 17.4. The van der Waals surface area contributed by atoms with Gasteiger partial charge in [0.05, 0.1) is 10.8 Å². The van der Waals surface area contributed by atoms with Crippen LogP contribution in [0.3, 0.4) is 0 Å². The lowest BCUT2D eigenvalue weighted by atomic mass is 9.74. The third-order valence-corrected chi connectivity index (χ3v) is 10.6. The van der Waals surface area contributed by atoms with Crippen LogP contribution < -0.4 is 20.6 Å². The molecule has 4 aromatic carbocycles. The van der Waals surface area contributed by atoms with Crippen LogP contribution in [0.4, 0.5) is 0 Å². The van der Waals surface area contributed by atoms with E-state index in [2.05, 4.69) is 96.5 Å².